The molecular formula is C15H20N4O2. The van der Waals surface area contributed by atoms with E-state index in [0.29, 0.717) is 18.9 Å². The van der Waals surface area contributed by atoms with Crippen LogP contribution < -0.4 is 20.5 Å². The largest absolute Gasteiger partial charge is 0.490 e. The highest BCUT2D eigenvalue weighted by atomic mass is 16.5. The minimum atomic E-state index is 0.670. The molecule has 6 nitrogen and oxygen atoms in total. The molecule has 0 spiro atoms. The fraction of sp³-hybridized carbons (Fsp3) is 0.400. The summed E-state index contributed by atoms with van der Waals surface area (Å²) in [5.41, 5.74) is 8.49. The lowest BCUT2D eigenvalue weighted by molar-refractivity contribution is 0.297. The van der Waals surface area contributed by atoms with Gasteiger partial charge >= 0.3 is 0 Å². The quantitative estimate of drug-likeness (QED) is 0.908. The molecular weight excluding hydrogens is 268 g/mol. The van der Waals surface area contributed by atoms with Crippen molar-refractivity contribution in [1.82, 2.24) is 9.78 Å². The predicted octanol–water partition coefficient (Wildman–Crippen LogP) is 2.70. The molecule has 6 heteroatoms. The van der Waals surface area contributed by atoms with E-state index in [1.54, 1.807) is 0 Å². The highest BCUT2D eigenvalue weighted by Gasteiger charge is 2.14. The third-order valence-electron chi connectivity index (χ3n) is 3.48. The molecule has 3 rings (SSSR count). The van der Waals surface area contributed by atoms with E-state index in [1.807, 2.05) is 36.7 Å². The number of fused-ring (bicyclic) bond motifs is 1. The van der Waals surface area contributed by atoms with Gasteiger partial charge in [0.25, 0.3) is 0 Å². The Labute approximate surface area is 123 Å². The number of nitrogens with two attached hydrogens (primary N) is 1. The van der Waals surface area contributed by atoms with E-state index in [4.69, 9.17) is 15.2 Å². The zero-order valence-corrected chi connectivity index (χ0v) is 12.3. The zero-order chi connectivity index (χ0) is 14.8. The molecule has 2 aromatic rings. The van der Waals surface area contributed by atoms with E-state index in [9.17, 15) is 0 Å². The molecule has 0 bridgehead atoms. The Morgan fingerprint density at radius 2 is 2.05 bits per heavy atom. The monoisotopic (exact) mass is 288 g/mol. The van der Waals surface area contributed by atoms with Gasteiger partial charge in [-0.2, -0.15) is 5.10 Å². The summed E-state index contributed by atoms with van der Waals surface area (Å²) in [5.74, 6) is 2.35. The van der Waals surface area contributed by atoms with Crippen molar-refractivity contribution in [2.24, 2.45) is 0 Å². The van der Waals surface area contributed by atoms with Gasteiger partial charge in [0.2, 0.25) is 0 Å². The van der Waals surface area contributed by atoms with Crippen molar-refractivity contribution in [2.75, 3.05) is 24.3 Å². The second-order valence-corrected chi connectivity index (χ2v) is 5.00. The van der Waals surface area contributed by atoms with Gasteiger partial charge in [-0.05, 0) is 26.0 Å². The topological polar surface area (TPSA) is 74.3 Å². The normalized spacial score (nSPS) is 13.8. The van der Waals surface area contributed by atoms with Crippen LogP contribution in [0.4, 0.5) is 17.2 Å². The Bertz CT molecular complexity index is 651. The summed E-state index contributed by atoms with van der Waals surface area (Å²) in [5, 5.41) is 7.72. The number of ether oxygens (including phenoxy) is 2. The number of nitrogens with one attached hydrogen (secondary N) is 1. The van der Waals surface area contributed by atoms with Gasteiger partial charge in [0.05, 0.1) is 24.6 Å². The highest BCUT2D eigenvalue weighted by molar-refractivity contribution is 5.72. The van der Waals surface area contributed by atoms with Crippen LogP contribution in [0.5, 0.6) is 11.5 Å². The van der Waals surface area contributed by atoms with E-state index < -0.39 is 0 Å². The average Bonchev–Trinajstić information content (AvgIpc) is 2.69. The molecule has 0 atom stereocenters. The van der Waals surface area contributed by atoms with Gasteiger partial charge in [-0.25, -0.2) is 4.68 Å². The first-order valence-electron chi connectivity index (χ1n) is 7.18. The molecule has 0 fully saturated rings. The van der Waals surface area contributed by atoms with Crippen molar-refractivity contribution in [1.29, 1.82) is 0 Å². The summed E-state index contributed by atoms with van der Waals surface area (Å²) < 4.78 is 13.2. The van der Waals surface area contributed by atoms with Crippen molar-refractivity contribution >= 4 is 17.2 Å². The second-order valence-electron chi connectivity index (χ2n) is 5.00. The number of rotatable bonds is 3. The van der Waals surface area contributed by atoms with Gasteiger partial charge in [0.1, 0.15) is 0 Å². The molecule has 1 aromatic carbocycles. The van der Waals surface area contributed by atoms with Gasteiger partial charge in [-0.1, -0.05) is 0 Å². The molecule has 1 aliphatic heterocycles. The Hall–Kier alpha value is -2.37. The van der Waals surface area contributed by atoms with Crippen LogP contribution in [0.15, 0.2) is 18.2 Å². The maximum absolute atomic E-state index is 6.09. The van der Waals surface area contributed by atoms with E-state index in [-0.39, 0.29) is 0 Å². The molecule has 2 heterocycles. The van der Waals surface area contributed by atoms with Crippen molar-refractivity contribution in [3.63, 3.8) is 0 Å². The summed E-state index contributed by atoms with van der Waals surface area (Å²) in [4.78, 5) is 0. The third-order valence-corrected chi connectivity index (χ3v) is 3.48. The minimum absolute atomic E-state index is 0.670. The standard InChI is InChI=1S/C15H20N4O2/c1-3-19-15(14(16)10(2)18-19)17-11-5-6-12-13(9-11)21-8-4-7-20-12/h5-6,9,17H,3-4,7-8,16H2,1-2H3. The molecule has 21 heavy (non-hydrogen) atoms. The van der Waals surface area contributed by atoms with Gasteiger partial charge in [0, 0.05) is 24.7 Å². The lowest BCUT2D eigenvalue weighted by Gasteiger charge is -2.12. The average molecular weight is 288 g/mol. The summed E-state index contributed by atoms with van der Waals surface area (Å²) in [6.07, 6.45) is 0.895. The summed E-state index contributed by atoms with van der Waals surface area (Å²) in [7, 11) is 0. The molecule has 0 saturated heterocycles. The first kappa shape index (κ1) is 13.6. The number of aryl methyl sites for hydroxylation is 2. The van der Waals surface area contributed by atoms with E-state index in [1.165, 1.54) is 0 Å². The van der Waals surface area contributed by atoms with E-state index in [2.05, 4.69) is 10.4 Å². The Morgan fingerprint density at radius 1 is 1.29 bits per heavy atom. The van der Waals surface area contributed by atoms with Gasteiger partial charge < -0.3 is 20.5 Å². The molecule has 3 N–H and O–H groups in total. The molecule has 1 aromatic heterocycles. The van der Waals surface area contributed by atoms with Crippen LogP contribution >= 0.6 is 0 Å². The second kappa shape index (κ2) is 5.55. The van der Waals surface area contributed by atoms with Crippen LogP contribution in [0.3, 0.4) is 0 Å². The molecule has 1 aliphatic rings. The highest BCUT2D eigenvalue weighted by Crippen LogP contribution is 2.34. The van der Waals surface area contributed by atoms with E-state index >= 15 is 0 Å². The van der Waals surface area contributed by atoms with Crippen LogP contribution in [-0.4, -0.2) is 23.0 Å². The van der Waals surface area contributed by atoms with Crippen molar-refractivity contribution in [3.05, 3.63) is 23.9 Å². The number of anilines is 3. The summed E-state index contributed by atoms with van der Waals surface area (Å²) in [6.45, 7) is 6.05. The van der Waals surface area contributed by atoms with Crippen molar-refractivity contribution < 1.29 is 9.47 Å². The maximum atomic E-state index is 6.09. The van der Waals surface area contributed by atoms with Crippen LogP contribution in [0.1, 0.15) is 19.0 Å². The zero-order valence-electron chi connectivity index (χ0n) is 12.3. The van der Waals surface area contributed by atoms with Gasteiger partial charge in [0.15, 0.2) is 17.3 Å². The fourth-order valence-corrected chi connectivity index (χ4v) is 2.33. The molecule has 0 amide bonds. The Kier molecular flexibility index (Phi) is 3.60. The molecule has 0 radical (unpaired) electrons. The number of hydrogen-bond acceptors (Lipinski definition) is 5. The fourth-order valence-electron chi connectivity index (χ4n) is 2.33. The lowest BCUT2D eigenvalue weighted by atomic mass is 10.2. The number of aromatic nitrogens is 2. The smallest absolute Gasteiger partial charge is 0.163 e. The molecule has 0 aliphatic carbocycles. The number of benzene rings is 1. The van der Waals surface area contributed by atoms with Crippen LogP contribution in [0, 0.1) is 6.92 Å². The predicted molar refractivity (Wildman–Crippen MR) is 82.4 cm³/mol. The Balaban J connectivity index is 1.90. The maximum Gasteiger partial charge on any atom is 0.163 e. The summed E-state index contributed by atoms with van der Waals surface area (Å²) >= 11 is 0. The van der Waals surface area contributed by atoms with Crippen molar-refractivity contribution in [3.8, 4) is 11.5 Å². The lowest BCUT2D eigenvalue weighted by Crippen LogP contribution is -2.04. The van der Waals surface area contributed by atoms with Gasteiger partial charge in [-0.3, -0.25) is 0 Å². The van der Waals surface area contributed by atoms with Crippen molar-refractivity contribution in [2.45, 2.75) is 26.8 Å². The van der Waals surface area contributed by atoms with Crippen LogP contribution in [-0.2, 0) is 6.54 Å². The van der Waals surface area contributed by atoms with E-state index in [0.717, 1.165) is 41.7 Å². The molecule has 0 saturated carbocycles. The van der Waals surface area contributed by atoms with Gasteiger partial charge in [-0.15, -0.1) is 0 Å². The molecule has 0 unspecified atom stereocenters. The number of nitrogen functional groups attached to an aromatic ring is 1. The SMILES string of the molecule is CCn1nc(C)c(N)c1Nc1ccc2c(c1)OCCCO2. The molecule has 112 valence electrons. The third kappa shape index (κ3) is 2.61. The number of nitrogens with zero attached hydrogens (tertiary/aromatic N) is 2. The Morgan fingerprint density at radius 3 is 2.81 bits per heavy atom. The minimum Gasteiger partial charge on any atom is -0.490 e. The van der Waals surface area contributed by atoms with Crippen LogP contribution in [0.2, 0.25) is 0 Å². The first-order valence-corrected chi connectivity index (χ1v) is 7.18. The first-order chi connectivity index (χ1) is 10.2. The van der Waals surface area contributed by atoms with Crippen LogP contribution in [0.25, 0.3) is 0 Å². The summed E-state index contributed by atoms with van der Waals surface area (Å²) in [6, 6.07) is 5.80. The number of hydrogen-bond donors (Lipinski definition) is 2.